The number of aliphatic carboxylic acids is 1. The Morgan fingerprint density at radius 1 is 1.54 bits per heavy atom. The zero-order valence-corrected chi connectivity index (χ0v) is 6.91. The molecule has 0 aliphatic heterocycles. The van der Waals surface area contributed by atoms with E-state index < -0.39 is 23.7 Å². The van der Waals surface area contributed by atoms with Gasteiger partial charge in [-0.2, -0.15) is 0 Å². The van der Waals surface area contributed by atoms with E-state index in [9.17, 15) is 13.6 Å². The average molecular weight is 188 g/mol. The Bertz CT molecular complexity index is 275. The third-order valence-electron chi connectivity index (χ3n) is 3.22. The van der Waals surface area contributed by atoms with Crippen LogP contribution >= 0.6 is 0 Å². The zero-order chi connectivity index (χ0) is 9.64. The van der Waals surface area contributed by atoms with Gasteiger partial charge in [0.25, 0.3) is 6.43 Å². The molecular formula is C9H10F2O2. The molecule has 0 spiro atoms. The van der Waals surface area contributed by atoms with Gasteiger partial charge in [-0.25, -0.2) is 8.78 Å². The van der Waals surface area contributed by atoms with Gasteiger partial charge < -0.3 is 5.11 Å². The SMILES string of the molecule is O=C(O)C1(C(F)F)CC2C=CC1C2. The normalized spacial score (nSPS) is 41.8. The van der Waals surface area contributed by atoms with Crippen molar-refractivity contribution in [2.45, 2.75) is 19.3 Å². The second-order valence-electron chi connectivity index (χ2n) is 3.84. The number of halogens is 2. The van der Waals surface area contributed by atoms with Crippen LogP contribution in [0.5, 0.6) is 0 Å². The van der Waals surface area contributed by atoms with E-state index >= 15 is 0 Å². The number of allylic oxidation sites excluding steroid dienone is 2. The summed E-state index contributed by atoms with van der Waals surface area (Å²) in [6, 6.07) is 0. The first-order valence-corrected chi connectivity index (χ1v) is 4.27. The second kappa shape index (κ2) is 2.53. The van der Waals surface area contributed by atoms with Crippen molar-refractivity contribution >= 4 is 5.97 Å². The largest absolute Gasteiger partial charge is 0.481 e. The Kier molecular flexibility index (Phi) is 1.68. The molecule has 1 N–H and O–H groups in total. The molecule has 0 aromatic heterocycles. The van der Waals surface area contributed by atoms with Gasteiger partial charge in [-0.15, -0.1) is 0 Å². The van der Waals surface area contributed by atoms with E-state index in [2.05, 4.69) is 0 Å². The maximum atomic E-state index is 12.7. The van der Waals surface area contributed by atoms with Crippen molar-refractivity contribution in [3.8, 4) is 0 Å². The Hall–Kier alpha value is -0.930. The van der Waals surface area contributed by atoms with Gasteiger partial charge in [-0.1, -0.05) is 12.2 Å². The predicted molar refractivity (Wildman–Crippen MR) is 41.4 cm³/mol. The van der Waals surface area contributed by atoms with E-state index in [0.29, 0.717) is 6.42 Å². The van der Waals surface area contributed by atoms with Crippen LogP contribution in [0, 0.1) is 17.3 Å². The lowest BCUT2D eigenvalue weighted by Crippen LogP contribution is -2.41. The van der Waals surface area contributed by atoms with E-state index in [4.69, 9.17) is 5.11 Å². The van der Waals surface area contributed by atoms with E-state index in [1.54, 1.807) is 6.08 Å². The monoisotopic (exact) mass is 188 g/mol. The average Bonchev–Trinajstić information content (AvgIpc) is 2.61. The fourth-order valence-corrected chi connectivity index (χ4v) is 2.48. The molecular weight excluding hydrogens is 178 g/mol. The maximum absolute atomic E-state index is 12.7. The van der Waals surface area contributed by atoms with Crippen molar-refractivity contribution in [3.05, 3.63) is 12.2 Å². The highest BCUT2D eigenvalue weighted by Gasteiger charge is 2.59. The standard InChI is InChI=1S/C9H10F2O2/c10-7(11)9(8(12)13)4-5-1-2-6(9)3-5/h1-2,5-7H,3-4H2,(H,12,13). The van der Waals surface area contributed by atoms with Gasteiger partial charge in [-0.3, -0.25) is 4.79 Å². The summed E-state index contributed by atoms with van der Waals surface area (Å²) < 4.78 is 25.4. The topological polar surface area (TPSA) is 37.3 Å². The highest BCUT2D eigenvalue weighted by atomic mass is 19.3. The molecule has 0 amide bonds. The third kappa shape index (κ3) is 0.943. The van der Waals surface area contributed by atoms with Crippen LogP contribution in [0.25, 0.3) is 0 Å². The second-order valence-corrected chi connectivity index (χ2v) is 3.84. The van der Waals surface area contributed by atoms with E-state index in [-0.39, 0.29) is 12.3 Å². The van der Waals surface area contributed by atoms with Gasteiger partial charge in [0.05, 0.1) is 0 Å². The van der Waals surface area contributed by atoms with E-state index in [0.717, 1.165) is 0 Å². The van der Waals surface area contributed by atoms with Crippen LogP contribution < -0.4 is 0 Å². The number of hydrogen-bond acceptors (Lipinski definition) is 1. The number of carbonyl (C=O) groups is 1. The lowest BCUT2D eigenvalue weighted by molar-refractivity contribution is -0.162. The summed E-state index contributed by atoms with van der Waals surface area (Å²) in [4.78, 5) is 10.8. The van der Waals surface area contributed by atoms with Crippen LogP contribution in [-0.4, -0.2) is 17.5 Å². The fraction of sp³-hybridized carbons (Fsp3) is 0.667. The Labute approximate surface area is 74.2 Å². The third-order valence-corrected chi connectivity index (χ3v) is 3.22. The van der Waals surface area contributed by atoms with E-state index in [1.807, 2.05) is 6.08 Å². The van der Waals surface area contributed by atoms with Gasteiger partial charge in [0.15, 0.2) is 0 Å². The molecule has 72 valence electrons. The first kappa shape index (κ1) is 8.66. The molecule has 2 aliphatic rings. The van der Waals surface area contributed by atoms with Crippen molar-refractivity contribution in [3.63, 3.8) is 0 Å². The lowest BCUT2D eigenvalue weighted by Gasteiger charge is -2.29. The van der Waals surface area contributed by atoms with Crippen LogP contribution in [-0.2, 0) is 4.79 Å². The molecule has 2 bridgehead atoms. The lowest BCUT2D eigenvalue weighted by atomic mass is 9.76. The summed E-state index contributed by atoms with van der Waals surface area (Å²) in [7, 11) is 0. The molecule has 0 aromatic carbocycles. The molecule has 0 radical (unpaired) electrons. The molecule has 2 nitrogen and oxygen atoms in total. The van der Waals surface area contributed by atoms with Gasteiger partial charge in [0.2, 0.25) is 0 Å². The summed E-state index contributed by atoms with van der Waals surface area (Å²) in [5.41, 5.74) is -1.79. The minimum absolute atomic E-state index is 0.0510. The number of carboxylic acid groups (broad SMARTS) is 1. The minimum Gasteiger partial charge on any atom is -0.481 e. The Balaban J connectivity index is 2.36. The van der Waals surface area contributed by atoms with Crippen LogP contribution in [0.1, 0.15) is 12.8 Å². The first-order chi connectivity index (χ1) is 6.07. The van der Waals surface area contributed by atoms with Crippen molar-refractivity contribution in [1.29, 1.82) is 0 Å². The molecule has 3 unspecified atom stereocenters. The Morgan fingerprint density at radius 3 is 2.46 bits per heavy atom. The van der Waals surface area contributed by atoms with Crippen LogP contribution in [0.15, 0.2) is 12.2 Å². The van der Waals surface area contributed by atoms with Crippen molar-refractivity contribution in [2.24, 2.45) is 17.3 Å². The summed E-state index contributed by atoms with van der Waals surface area (Å²) >= 11 is 0. The zero-order valence-electron chi connectivity index (χ0n) is 6.91. The quantitative estimate of drug-likeness (QED) is 0.672. The number of alkyl halides is 2. The van der Waals surface area contributed by atoms with Gasteiger partial charge >= 0.3 is 5.97 Å². The molecule has 0 aromatic rings. The summed E-state index contributed by atoms with van der Waals surface area (Å²) in [5.74, 6) is -1.76. The van der Waals surface area contributed by atoms with Crippen LogP contribution in [0.2, 0.25) is 0 Å². The smallest absolute Gasteiger partial charge is 0.316 e. The molecule has 0 heterocycles. The number of rotatable bonds is 2. The molecule has 1 saturated carbocycles. The number of fused-ring (bicyclic) bond motifs is 2. The van der Waals surface area contributed by atoms with Crippen LogP contribution in [0.4, 0.5) is 8.78 Å². The van der Waals surface area contributed by atoms with Crippen molar-refractivity contribution < 1.29 is 18.7 Å². The fourth-order valence-electron chi connectivity index (χ4n) is 2.48. The van der Waals surface area contributed by atoms with Gasteiger partial charge in [0, 0.05) is 0 Å². The molecule has 3 atom stereocenters. The van der Waals surface area contributed by atoms with E-state index in [1.165, 1.54) is 0 Å². The molecule has 1 fully saturated rings. The van der Waals surface area contributed by atoms with Gasteiger partial charge in [-0.05, 0) is 24.7 Å². The molecule has 4 heteroatoms. The maximum Gasteiger partial charge on any atom is 0.316 e. The number of carboxylic acids is 1. The Morgan fingerprint density at radius 2 is 2.23 bits per heavy atom. The summed E-state index contributed by atoms with van der Waals surface area (Å²) in [6.45, 7) is 0. The highest BCUT2D eigenvalue weighted by molar-refractivity contribution is 5.77. The van der Waals surface area contributed by atoms with Gasteiger partial charge in [0.1, 0.15) is 5.41 Å². The van der Waals surface area contributed by atoms with Crippen molar-refractivity contribution in [1.82, 2.24) is 0 Å². The van der Waals surface area contributed by atoms with Crippen molar-refractivity contribution in [2.75, 3.05) is 0 Å². The summed E-state index contributed by atoms with van der Waals surface area (Å²) in [5, 5.41) is 8.84. The molecule has 13 heavy (non-hydrogen) atoms. The summed E-state index contributed by atoms with van der Waals surface area (Å²) in [6.07, 6.45) is 1.41. The molecule has 2 rings (SSSR count). The molecule has 2 aliphatic carbocycles. The predicted octanol–water partition coefficient (Wildman–Crippen LogP) is 1.92. The minimum atomic E-state index is -2.76. The number of hydrogen-bond donors (Lipinski definition) is 1. The highest BCUT2D eigenvalue weighted by Crippen LogP contribution is 2.55. The molecule has 0 saturated heterocycles. The van der Waals surface area contributed by atoms with Crippen LogP contribution in [0.3, 0.4) is 0 Å². The first-order valence-electron chi connectivity index (χ1n) is 4.27.